The topological polar surface area (TPSA) is 62.3 Å². The van der Waals surface area contributed by atoms with Gasteiger partial charge in [0.05, 0.1) is 17.3 Å². The van der Waals surface area contributed by atoms with Crippen LogP contribution >= 0.6 is 0 Å². The molecule has 110 valence electrons. The normalized spacial score (nSPS) is 27.0. The molecule has 1 saturated heterocycles. The largest absolute Gasteiger partial charge is 0.328 e. The molecule has 2 unspecified atom stereocenters. The summed E-state index contributed by atoms with van der Waals surface area (Å²) in [5.41, 5.74) is 1.66. The molecule has 5 nitrogen and oxygen atoms in total. The number of carbonyl (C=O) groups excluding carboxylic acids is 2. The van der Waals surface area contributed by atoms with Crippen LogP contribution in [0.15, 0.2) is 23.9 Å². The third kappa shape index (κ3) is 2.11. The standard InChI is InChI=1S/C15H16FN3O2/c1-3-9-4-6-11(14(20)17-9)19-8(2)13-10(15(19)21)5-7-12(16)18-13/h3,5,7-8,11H,4,6H2,1-2H3,(H,17,20). The van der Waals surface area contributed by atoms with Gasteiger partial charge in [0.15, 0.2) is 0 Å². The van der Waals surface area contributed by atoms with E-state index >= 15 is 0 Å². The number of pyridine rings is 1. The number of rotatable bonds is 1. The van der Waals surface area contributed by atoms with Crippen LogP contribution in [0.25, 0.3) is 0 Å². The smallest absolute Gasteiger partial charge is 0.257 e. The fraction of sp³-hybridized carbons (Fsp3) is 0.400. The summed E-state index contributed by atoms with van der Waals surface area (Å²) >= 11 is 0. The van der Waals surface area contributed by atoms with E-state index in [0.29, 0.717) is 24.1 Å². The Morgan fingerprint density at radius 1 is 1.43 bits per heavy atom. The lowest BCUT2D eigenvalue weighted by Gasteiger charge is -2.34. The van der Waals surface area contributed by atoms with Crippen molar-refractivity contribution in [2.24, 2.45) is 0 Å². The molecule has 1 fully saturated rings. The van der Waals surface area contributed by atoms with Crippen molar-refractivity contribution < 1.29 is 14.0 Å². The first-order valence-electron chi connectivity index (χ1n) is 6.98. The number of aromatic nitrogens is 1. The molecule has 0 saturated carbocycles. The molecule has 1 N–H and O–H groups in total. The van der Waals surface area contributed by atoms with Crippen molar-refractivity contribution in [3.05, 3.63) is 41.1 Å². The quantitative estimate of drug-likeness (QED) is 0.803. The van der Waals surface area contributed by atoms with Crippen molar-refractivity contribution in [2.75, 3.05) is 0 Å². The Kier molecular flexibility index (Phi) is 3.23. The molecule has 0 spiro atoms. The fourth-order valence-corrected chi connectivity index (χ4v) is 3.02. The molecule has 0 radical (unpaired) electrons. The number of piperidine rings is 1. The highest BCUT2D eigenvalue weighted by molar-refractivity contribution is 6.01. The van der Waals surface area contributed by atoms with E-state index in [1.54, 1.807) is 6.92 Å². The average molecular weight is 289 g/mol. The van der Waals surface area contributed by atoms with Crippen molar-refractivity contribution in [2.45, 2.75) is 38.8 Å². The average Bonchev–Trinajstić information content (AvgIpc) is 2.71. The minimum Gasteiger partial charge on any atom is -0.328 e. The van der Waals surface area contributed by atoms with Gasteiger partial charge in [-0.3, -0.25) is 9.59 Å². The summed E-state index contributed by atoms with van der Waals surface area (Å²) in [4.78, 5) is 30.0. The lowest BCUT2D eigenvalue weighted by atomic mass is 10.0. The predicted octanol–water partition coefficient (Wildman–Crippen LogP) is 1.92. The number of nitrogens with zero attached hydrogens (tertiary/aromatic N) is 2. The zero-order valence-corrected chi connectivity index (χ0v) is 11.9. The number of halogens is 1. The Hall–Kier alpha value is -2.24. The van der Waals surface area contributed by atoms with E-state index in [2.05, 4.69) is 10.3 Å². The van der Waals surface area contributed by atoms with Gasteiger partial charge >= 0.3 is 0 Å². The summed E-state index contributed by atoms with van der Waals surface area (Å²) in [7, 11) is 0. The maximum Gasteiger partial charge on any atom is 0.257 e. The molecule has 0 aromatic carbocycles. The Balaban J connectivity index is 1.91. The maximum atomic E-state index is 13.3. The molecule has 6 heteroatoms. The van der Waals surface area contributed by atoms with Gasteiger partial charge in [-0.25, -0.2) is 4.98 Å². The second-order valence-corrected chi connectivity index (χ2v) is 5.31. The summed E-state index contributed by atoms with van der Waals surface area (Å²) in [6, 6.07) is 1.68. The van der Waals surface area contributed by atoms with E-state index < -0.39 is 18.0 Å². The van der Waals surface area contributed by atoms with Gasteiger partial charge in [-0.15, -0.1) is 0 Å². The van der Waals surface area contributed by atoms with Crippen molar-refractivity contribution in [1.82, 2.24) is 15.2 Å². The number of carbonyl (C=O) groups is 2. The van der Waals surface area contributed by atoms with Gasteiger partial charge in [-0.1, -0.05) is 6.08 Å². The molecule has 3 heterocycles. The number of allylic oxidation sites excluding steroid dienone is 2. The van der Waals surface area contributed by atoms with Crippen molar-refractivity contribution >= 4 is 11.8 Å². The molecular formula is C15H16FN3O2. The Bertz CT molecular complexity index is 656. The molecule has 2 atom stereocenters. The third-order valence-electron chi connectivity index (χ3n) is 4.13. The van der Waals surface area contributed by atoms with Crippen LogP contribution in [0, 0.1) is 5.95 Å². The SMILES string of the molecule is CC=C1CCC(N2C(=O)c3ccc(F)nc3C2C)C(=O)N1. The number of amides is 2. The van der Waals surface area contributed by atoms with Crippen LogP contribution in [0.1, 0.15) is 48.8 Å². The highest BCUT2D eigenvalue weighted by atomic mass is 19.1. The Morgan fingerprint density at radius 2 is 2.19 bits per heavy atom. The van der Waals surface area contributed by atoms with Crippen LogP contribution in [-0.2, 0) is 4.79 Å². The molecule has 2 aliphatic rings. The van der Waals surface area contributed by atoms with Crippen LogP contribution in [0.5, 0.6) is 0 Å². The van der Waals surface area contributed by atoms with Gasteiger partial charge in [0.1, 0.15) is 6.04 Å². The number of fused-ring (bicyclic) bond motifs is 1. The Morgan fingerprint density at radius 3 is 2.86 bits per heavy atom. The molecule has 2 aliphatic heterocycles. The van der Waals surface area contributed by atoms with Crippen LogP contribution in [0.4, 0.5) is 4.39 Å². The van der Waals surface area contributed by atoms with Crippen molar-refractivity contribution in [3.8, 4) is 0 Å². The van der Waals surface area contributed by atoms with Gasteiger partial charge < -0.3 is 10.2 Å². The minimum absolute atomic E-state index is 0.192. The van der Waals surface area contributed by atoms with E-state index in [9.17, 15) is 14.0 Å². The zero-order chi connectivity index (χ0) is 15.1. The van der Waals surface area contributed by atoms with E-state index in [1.165, 1.54) is 17.0 Å². The van der Waals surface area contributed by atoms with E-state index in [1.807, 2.05) is 13.0 Å². The third-order valence-corrected chi connectivity index (χ3v) is 4.13. The molecule has 1 aromatic rings. The lowest BCUT2D eigenvalue weighted by molar-refractivity contribution is -0.126. The highest BCUT2D eigenvalue weighted by Gasteiger charge is 2.43. The fourth-order valence-electron chi connectivity index (χ4n) is 3.02. The van der Waals surface area contributed by atoms with Gasteiger partial charge in [-0.2, -0.15) is 4.39 Å². The van der Waals surface area contributed by atoms with E-state index in [-0.39, 0.29) is 11.8 Å². The van der Waals surface area contributed by atoms with Gasteiger partial charge in [0.25, 0.3) is 5.91 Å². The molecule has 0 bridgehead atoms. The summed E-state index contributed by atoms with van der Waals surface area (Å²) in [6.07, 6.45) is 3.13. The lowest BCUT2D eigenvalue weighted by Crippen LogP contribution is -2.50. The maximum absolute atomic E-state index is 13.3. The highest BCUT2D eigenvalue weighted by Crippen LogP contribution is 2.35. The van der Waals surface area contributed by atoms with Crippen LogP contribution in [-0.4, -0.2) is 27.7 Å². The molecule has 3 rings (SSSR count). The number of nitrogens with one attached hydrogen (secondary N) is 1. The van der Waals surface area contributed by atoms with Crippen LogP contribution < -0.4 is 5.32 Å². The monoisotopic (exact) mass is 289 g/mol. The first-order valence-corrected chi connectivity index (χ1v) is 6.98. The predicted molar refractivity (Wildman–Crippen MR) is 73.7 cm³/mol. The number of hydrogen-bond acceptors (Lipinski definition) is 3. The van der Waals surface area contributed by atoms with E-state index in [4.69, 9.17) is 0 Å². The Labute approximate surface area is 121 Å². The summed E-state index contributed by atoms with van der Waals surface area (Å²) < 4.78 is 13.3. The molecule has 2 amide bonds. The van der Waals surface area contributed by atoms with Gasteiger partial charge in [0, 0.05) is 5.70 Å². The summed E-state index contributed by atoms with van der Waals surface area (Å²) in [6.45, 7) is 3.64. The van der Waals surface area contributed by atoms with Crippen molar-refractivity contribution in [1.29, 1.82) is 0 Å². The van der Waals surface area contributed by atoms with E-state index in [0.717, 1.165) is 5.70 Å². The molecular weight excluding hydrogens is 273 g/mol. The van der Waals surface area contributed by atoms with Crippen LogP contribution in [0.3, 0.4) is 0 Å². The molecule has 0 aliphatic carbocycles. The van der Waals surface area contributed by atoms with Gasteiger partial charge in [0.2, 0.25) is 11.9 Å². The zero-order valence-electron chi connectivity index (χ0n) is 11.9. The second-order valence-electron chi connectivity index (χ2n) is 5.31. The van der Waals surface area contributed by atoms with Gasteiger partial charge in [-0.05, 0) is 38.8 Å². The summed E-state index contributed by atoms with van der Waals surface area (Å²) in [5.74, 6) is -1.06. The second kappa shape index (κ2) is 4.95. The first-order chi connectivity index (χ1) is 10.0. The van der Waals surface area contributed by atoms with Crippen molar-refractivity contribution in [3.63, 3.8) is 0 Å². The molecule has 1 aromatic heterocycles. The number of hydrogen-bond donors (Lipinski definition) is 1. The summed E-state index contributed by atoms with van der Waals surface area (Å²) in [5, 5.41) is 2.81. The molecule has 21 heavy (non-hydrogen) atoms. The van der Waals surface area contributed by atoms with Crippen LogP contribution in [0.2, 0.25) is 0 Å². The first kappa shape index (κ1) is 13.7. The minimum atomic E-state index is -0.612.